The van der Waals surface area contributed by atoms with Gasteiger partial charge in [-0.15, -0.1) is 0 Å². The maximum atomic E-state index is 14.4. The lowest BCUT2D eigenvalue weighted by Gasteiger charge is -2.30. The fourth-order valence-corrected chi connectivity index (χ4v) is 2.28. The predicted octanol–water partition coefficient (Wildman–Crippen LogP) is 1.78. The fourth-order valence-electron chi connectivity index (χ4n) is 2.28. The molecule has 0 unspecified atom stereocenters. The van der Waals surface area contributed by atoms with E-state index in [1.807, 2.05) is 24.3 Å². The summed E-state index contributed by atoms with van der Waals surface area (Å²) in [7, 11) is 0. The number of benzene rings is 1. The van der Waals surface area contributed by atoms with Crippen LogP contribution in [-0.4, -0.2) is 18.8 Å². The zero-order chi connectivity index (χ0) is 11.4. The van der Waals surface area contributed by atoms with Crippen LogP contribution in [-0.2, 0) is 13.0 Å². The molecule has 0 spiro atoms. The SMILES string of the molecule is NCc1cccc(CC2(F)CCNCC2)c1. The first-order valence-electron chi connectivity index (χ1n) is 5.89. The minimum Gasteiger partial charge on any atom is -0.326 e. The number of hydrogen-bond acceptors (Lipinski definition) is 2. The fraction of sp³-hybridized carbons (Fsp3) is 0.538. The number of nitrogens with two attached hydrogens (primary N) is 1. The van der Waals surface area contributed by atoms with E-state index in [0.717, 1.165) is 24.2 Å². The summed E-state index contributed by atoms with van der Waals surface area (Å²) in [6.07, 6.45) is 1.74. The molecular formula is C13H19FN2. The molecule has 3 N–H and O–H groups in total. The van der Waals surface area contributed by atoms with Crippen molar-refractivity contribution in [2.45, 2.75) is 31.5 Å². The summed E-state index contributed by atoms with van der Waals surface area (Å²) in [5.74, 6) is 0. The lowest BCUT2D eigenvalue weighted by atomic mass is 9.87. The van der Waals surface area contributed by atoms with Gasteiger partial charge in [-0.3, -0.25) is 0 Å². The van der Waals surface area contributed by atoms with Crippen LogP contribution in [0.3, 0.4) is 0 Å². The predicted molar refractivity (Wildman–Crippen MR) is 64.0 cm³/mol. The van der Waals surface area contributed by atoms with Crippen molar-refractivity contribution in [3.63, 3.8) is 0 Å². The van der Waals surface area contributed by atoms with Crippen molar-refractivity contribution < 1.29 is 4.39 Å². The van der Waals surface area contributed by atoms with Gasteiger partial charge in [0.15, 0.2) is 0 Å². The summed E-state index contributed by atoms with van der Waals surface area (Å²) in [4.78, 5) is 0. The van der Waals surface area contributed by atoms with Crippen molar-refractivity contribution in [1.82, 2.24) is 5.32 Å². The van der Waals surface area contributed by atoms with Gasteiger partial charge in [-0.2, -0.15) is 0 Å². The van der Waals surface area contributed by atoms with E-state index < -0.39 is 5.67 Å². The Balaban J connectivity index is 2.07. The molecule has 0 aliphatic carbocycles. The minimum absolute atomic E-state index is 0.516. The summed E-state index contributed by atoms with van der Waals surface area (Å²) in [5.41, 5.74) is 6.69. The first kappa shape index (κ1) is 11.6. The normalized spacial score (nSPS) is 19.6. The van der Waals surface area contributed by atoms with Crippen LogP contribution in [0.5, 0.6) is 0 Å². The van der Waals surface area contributed by atoms with Crippen molar-refractivity contribution >= 4 is 0 Å². The molecule has 0 atom stereocenters. The van der Waals surface area contributed by atoms with E-state index in [-0.39, 0.29) is 0 Å². The molecule has 2 rings (SSSR count). The van der Waals surface area contributed by atoms with E-state index >= 15 is 0 Å². The molecule has 3 heteroatoms. The standard InChI is InChI=1S/C13H19FN2/c14-13(4-6-16-7-5-13)9-11-2-1-3-12(8-11)10-15/h1-3,8,16H,4-7,9-10,15H2. The average molecular weight is 222 g/mol. The van der Waals surface area contributed by atoms with Gasteiger partial charge in [0.25, 0.3) is 0 Å². The molecule has 88 valence electrons. The van der Waals surface area contributed by atoms with Gasteiger partial charge in [-0.05, 0) is 37.1 Å². The maximum Gasteiger partial charge on any atom is 0.117 e. The van der Waals surface area contributed by atoms with Gasteiger partial charge in [0.05, 0.1) is 0 Å². The Labute approximate surface area is 96.0 Å². The molecule has 1 aromatic rings. The summed E-state index contributed by atoms with van der Waals surface area (Å²) in [5, 5.41) is 3.19. The van der Waals surface area contributed by atoms with Crippen molar-refractivity contribution in [3.8, 4) is 0 Å². The van der Waals surface area contributed by atoms with Crippen LogP contribution in [0.2, 0.25) is 0 Å². The Morgan fingerprint density at radius 1 is 1.25 bits per heavy atom. The van der Waals surface area contributed by atoms with E-state index in [9.17, 15) is 4.39 Å². The Kier molecular flexibility index (Phi) is 3.56. The zero-order valence-corrected chi connectivity index (χ0v) is 9.51. The summed E-state index contributed by atoms with van der Waals surface area (Å²) in [6.45, 7) is 2.09. The average Bonchev–Trinajstić information content (AvgIpc) is 2.29. The Bertz CT molecular complexity index is 346. The minimum atomic E-state index is -1.03. The summed E-state index contributed by atoms with van der Waals surface area (Å²) >= 11 is 0. The van der Waals surface area contributed by atoms with E-state index in [0.29, 0.717) is 25.8 Å². The highest BCUT2D eigenvalue weighted by Gasteiger charge is 2.31. The molecule has 0 radical (unpaired) electrons. The molecule has 0 bridgehead atoms. The van der Waals surface area contributed by atoms with Crippen molar-refractivity contribution in [2.24, 2.45) is 5.73 Å². The third-order valence-electron chi connectivity index (χ3n) is 3.25. The van der Waals surface area contributed by atoms with Crippen LogP contribution in [0, 0.1) is 0 Å². The van der Waals surface area contributed by atoms with E-state index in [2.05, 4.69) is 5.32 Å². The molecule has 2 nitrogen and oxygen atoms in total. The molecule has 16 heavy (non-hydrogen) atoms. The highest BCUT2D eigenvalue weighted by Crippen LogP contribution is 2.27. The van der Waals surface area contributed by atoms with Crippen molar-refractivity contribution in [2.75, 3.05) is 13.1 Å². The highest BCUT2D eigenvalue weighted by molar-refractivity contribution is 5.24. The van der Waals surface area contributed by atoms with Crippen molar-refractivity contribution in [1.29, 1.82) is 0 Å². The van der Waals surface area contributed by atoms with Gasteiger partial charge in [0, 0.05) is 13.0 Å². The van der Waals surface area contributed by atoms with Crippen molar-refractivity contribution in [3.05, 3.63) is 35.4 Å². The number of rotatable bonds is 3. The molecule has 0 saturated carbocycles. The lowest BCUT2D eigenvalue weighted by molar-refractivity contribution is 0.116. The second-order valence-corrected chi connectivity index (χ2v) is 4.60. The third-order valence-corrected chi connectivity index (χ3v) is 3.25. The van der Waals surface area contributed by atoms with Crippen LogP contribution in [0.25, 0.3) is 0 Å². The Morgan fingerprint density at radius 2 is 1.94 bits per heavy atom. The van der Waals surface area contributed by atoms with Gasteiger partial charge in [0.2, 0.25) is 0 Å². The molecule has 0 aromatic heterocycles. The van der Waals surface area contributed by atoms with Gasteiger partial charge >= 0.3 is 0 Å². The van der Waals surface area contributed by atoms with E-state index in [1.54, 1.807) is 0 Å². The molecule has 1 aromatic carbocycles. The molecule has 1 saturated heterocycles. The zero-order valence-electron chi connectivity index (χ0n) is 9.51. The highest BCUT2D eigenvalue weighted by atomic mass is 19.1. The molecule has 1 fully saturated rings. The van der Waals surface area contributed by atoms with Gasteiger partial charge in [-0.25, -0.2) is 4.39 Å². The summed E-state index contributed by atoms with van der Waals surface area (Å²) < 4.78 is 14.4. The Hall–Kier alpha value is -0.930. The third kappa shape index (κ3) is 2.80. The number of hydrogen-bond donors (Lipinski definition) is 2. The second-order valence-electron chi connectivity index (χ2n) is 4.60. The number of halogens is 1. The number of piperidine rings is 1. The van der Waals surface area contributed by atoms with Crippen LogP contribution >= 0.6 is 0 Å². The second kappa shape index (κ2) is 4.93. The van der Waals surface area contributed by atoms with Crippen LogP contribution in [0.4, 0.5) is 4.39 Å². The van der Waals surface area contributed by atoms with Gasteiger partial charge < -0.3 is 11.1 Å². The molecular weight excluding hydrogens is 203 g/mol. The molecule has 1 heterocycles. The first-order valence-corrected chi connectivity index (χ1v) is 5.89. The lowest BCUT2D eigenvalue weighted by Crippen LogP contribution is -2.40. The Morgan fingerprint density at radius 3 is 2.62 bits per heavy atom. The smallest absolute Gasteiger partial charge is 0.117 e. The van der Waals surface area contributed by atoms with Crippen LogP contribution in [0.15, 0.2) is 24.3 Å². The van der Waals surface area contributed by atoms with Gasteiger partial charge in [0.1, 0.15) is 5.67 Å². The number of alkyl halides is 1. The number of nitrogens with one attached hydrogen (secondary N) is 1. The van der Waals surface area contributed by atoms with Crippen LogP contribution in [0.1, 0.15) is 24.0 Å². The summed E-state index contributed by atoms with van der Waals surface area (Å²) in [6, 6.07) is 7.95. The van der Waals surface area contributed by atoms with E-state index in [4.69, 9.17) is 5.73 Å². The van der Waals surface area contributed by atoms with E-state index in [1.165, 1.54) is 0 Å². The molecule has 0 amide bonds. The topological polar surface area (TPSA) is 38.0 Å². The molecule has 1 aliphatic heterocycles. The monoisotopic (exact) mass is 222 g/mol. The molecule has 1 aliphatic rings. The quantitative estimate of drug-likeness (QED) is 0.818. The van der Waals surface area contributed by atoms with Crippen LogP contribution < -0.4 is 11.1 Å². The first-order chi connectivity index (χ1) is 7.72. The largest absolute Gasteiger partial charge is 0.326 e. The van der Waals surface area contributed by atoms with Gasteiger partial charge in [-0.1, -0.05) is 24.3 Å². The maximum absolute atomic E-state index is 14.4.